The summed E-state index contributed by atoms with van der Waals surface area (Å²) < 4.78 is 0. The number of carboxylic acids is 2. The molecule has 3 heterocycles. The van der Waals surface area contributed by atoms with E-state index in [-0.39, 0.29) is 46.0 Å². The zero-order valence-electron chi connectivity index (χ0n) is 47.2. The number of nitrogens with zero attached hydrogens (tertiary/aromatic N) is 4. The molecule has 448 valence electrons. The third kappa shape index (κ3) is 24.3. The summed E-state index contributed by atoms with van der Waals surface area (Å²) in [4.78, 5) is 129. The van der Waals surface area contributed by atoms with Gasteiger partial charge >= 0.3 is 11.9 Å². The molecular weight excluding hydrogens is 1140 g/mol. The van der Waals surface area contributed by atoms with Crippen molar-refractivity contribution in [1.29, 1.82) is 0 Å². The van der Waals surface area contributed by atoms with Crippen LogP contribution in [0.5, 0.6) is 0 Å². The molecule has 0 saturated heterocycles. The highest BCUT2D eigenvalue weighted by Gasteiger charge is 2.07. The number of nitrogens with two attached hydrogens (primary N) is 1. The molecule has 9 rings (SSSR count). The van der Waals surface area contributed by atoms with Gasteiger partial charge in [-0.05, 0) is 147 Å². The van der Waals surface area contributed by atoms with Crippen LogP contribution in [0.2, 0.25) is 0 Å². The molecule has 0 saturated carbocycles. The van der Waals surface area contributed by atoms with Gasteiger partial charge in [0.1, 0.15) is 0 Å². The zero-order valence-corrected chi connectivity index (χ0v) is 47.2. The highest BCUT2D eigenvalue weighted by Crippen LogP contribution is 2.20. The summed E-state index contributed by atoms with van der Waals surface area (Å²) in [5.41, 5.74) is 18.3. The van der Waals surface area contributed by atoms with Gasteiger partial charge in [0.05, 0.1) is 16.0 Å². The van der Waals surface area contributed by atoms with Crippen LogP contribution >= 0.6 is 0 Å². The molecule has 0 aliphatic carbocycles. The van der Waals surface area contributed by atoms with Gasteiger partial charge < -0.3 is 52.2 Å². The number of carbonyl (C=O) groups excluding carboxylic acids is 5. The summed E-state index contributed by atoms with van der Waals surface area (Å²) in [5, 5.41) is 44.8. The summed E-state index contributed by atoms with van der Waals surface area (Å²) in [7, 11) is 0. The Morgan fingerprint density at radius 3 is 1.44 bits per heavy atom. The van der Waals surface area contributed by atoms with Crippen molar-refractivity contribution in [2.45, 2.75) is 27.7 Å². The number of aromatic nitrogens is 3. The Balaban J connectivity index is 0.000000226. The number of benzene rings is 6. The maximum absolute atomic E-state index is 11.6. The molecule has 5 amide bonds. The Morgan fingerprint density at radius 2 is 0.955 bits per heavy atom. The Morgan fingerprint density at radius 1 is 0.523 bits per heavy atom. The first-order valence-electron chi connectivity index (χ1n) is 25.6. The molecule has 0 aliphatic rings. The van der Waals surface area contributed by atoms with Crippen molar-refractivity contribution in [3.63, 3.8) is 0 Å². The number of hydrogen-bond acceptors (Lipinski definition) is 13. The molecule has 0 unspecified atom stereocenters. The minimum absolute atomic E-state index is 0.0578. The fraction of sp³-hybridized carbons (Fsp3) is 0.0645. The minimum atomic E-state index is -1.09. The van der Waals surface area contributed by atoms with E-state index in [1.165, 1.54) is 64.1 Å². The van der Waals surface area contributed by atoms with Crippen molar-refractivity contribution >= 4 is 126 Å². The van der Waals surface area contributed by atoms with E-state index in [1.807, 2.05) is 12.1 Å². The van der Waals surface area contributed by atoms with E-state index in [0.29, 0.717) is 50.2 Å². The van der Waals surface area contributed by atoms with Crippen molar-refractivity contribution in [2.75, 3.05) is 27.0 Å². The topological polar surface area (TPSA) is 425 Å². The number of anilines is 5. The van der Waals surface area contributed by atoms with Crippen LogP contribution in [0, 0.1) is 10.1 Å². The van der Waals surface area contributed by atoms with Crippen LogP contribution < -0.4 is 43.7 Å². The van der Waals surface area contributed by atoms with Crippen LogP contribution in [0.15, 0.2) is 202 Å². The van der Waals surface area contributed by atoms with Crippen molar-refractivity contribution in [1.82, 2.24) is 15.0 Å². The number of nitro benzene ring substituents is 1. The van der Waals surface area contributed by atoms with E-state index < -0.39 is 22.8 Å². The van der Waals surface area contributed by atoms with Crippen LogP contribution in [-0.4, -0.2) is 71.6 Å². The lowest BCUT2D eigenvalue weighted by molar-refractivity contribution is -0.384. The van der Waals surface area contributed by atoms with E-state index >= 15 is 0 Å². The predicted octanol–water partition coefficient (Wildman–Crippen LogP) is 10.0. The zero-order chi connectivity index (χ0) is 64.7. The van der Waals surface area contributed by atoms with Crippen LogP contribution in [0.3, 0.4) is 0 Å². The number of aromatic amines is 3. The number of azide groups is 1. The van der Waals surface area contributed by atoms with Crippen LogP contribution in [0.1, 0.15) is 44.4 Å². The van der Waals surface area contributed by atoms with Gasteiger partial charge in [0, 0.05) is 109 Å². The summed E-state index contributed by atoms with van der Waals surface area (Å²) in [6.07, 6.45) is 12.2. The van der Waals surface area contributed by atoms with Crippen molar-refractivity contribution in [3.05, 3.63) is 251 Å². The Labute approximate surface area is 498 Å². The number of H-pyrrole nitrogens is 3. The number of nitrogen functional groups attached to an aromatic ring is 1. The van der Waals surface area contributed by atoms with Crippen molar-refractivity contribution < 1.29 is 48.7 Å². The Hall–Kier alpha value is -12.8. The minimum Gasteiger partial charge on any atom is -0.478 e. The number of amides is 5. The van der Waals surface area contributed by atoms with Gasteiger partial charge in [-0.2, -0.15) is 0 Å². The van der Waals surface area contributed by atoms with Gasteiger partial charge in [0.2, 0.25) is 29.5 Å². The fourth-order valence-electron chi connectivity index (χ4n) is 7.39. The van der Waals surface area contributed by atoms with Crippen LogP contribution in [-0.2, 0) is 33.6 Å². The lowest BCUT2D eigenvalue weighted by atomic mass is 10.1. The van der Waals surface area contributed by atoms with Crippen molar-refractivity contribution in [3.8, 4) is 0 Å². The number of carbonyl (C=O) groups is 7. The number of nitrogens with one attached hydrogen (secondary N) is 7. The molecule has 88 heavy (non-hydrogen) atoms. The maximum atomic E-state index is 11.6. The quantitative estimate of drug-likeness (QED) is 0.0109. The van der Waals surface area contributed by atoms with E-state index in [1.54, 1.807) is 134 Å². The summed E-state index contributed by atoms with van der Waals surface area (Å²) in [6, 6.07) is 40.7. The highest BCUT2D eigenvalue weighted by molar-refractivity contribution is 6.01. The molecule has 11 N–H and O–H groups in total. The molecule has 0 aliphatic heterocycles. The largest absolute Gasteiger partial charge is 0.478 e. The molecule has 26 heteroatoms. The fourth-order valence-corrected chi connectivity index (χ4v) is 7.39. The SMILES string of the molecule is CC(=O)Nc1ccc2c(=O)[nH]ccc2c1.CC(=O)Nc1cccc(/C=C/C(=O)N=[N+]=[N-])c1.CC(=O)Nc1cccc(/C=C/C(=O)O)c1.CC(=O)Nc1cccc2cc[nH]c(=O)c12.Nc1ccc2c(=O)[nH]ccc2c1.O=C(O)/C=C/c1cccc([N+](=O)[O-])c1. The monoisotopic (exact) mass is 1190 g/mol. The third-order valence-corrected chi connectivity index (χ3v) is 10.9. The molecule has 6 aromatic carbocycles. The second kappa shape index (κ2) is 34.6. The number of nitro groups is 1. The number of pyridine rings is 3. The number of fused-ring (bicyclic) bond motifs is 3. The second-order valence-electron chi connectivity index (χ2n) is 17.9. The van der Waals surface area contributed by atoms with Crippen LogP contribution in [0.25, 0.3) is 61.0 Å². The van der Waals surface area contributed by atoms with Gasteiger partial charge in [0.15, 0.2) is 0 Å². The number of aliphatic carboxylic acids is 2. The number of carboxylic acid groups (broad SMARTS) is 2. The normalized spacial score (nSPS) is 10.1. The molecule has 9 aromatic rings. The molecular formula is C62H56N12O14. The van der Waals surface area contributed by atoms with E-state index in [9.17, 15) is 58.1 Å². The smallest absolute Gasteiger partial charge is 0.328 e. The van der Waals surface area contributed by atoms with Gasteiger partial charge in [-0.3, -0.25) is 48.5 Å². The average molecular weight is 1190 g/mol. The first-order chi connectivity index (χ1) is 41.9. The third-order valence-electron chi connectivity index (χ3n) is 10.9. The van der Waals surface area contributed by atoms with E-state index in [0.717, 1.165) is 45.5 Å². The van der Waals surface area contributed by atoms with Gasteiger partial charge in [-0.1, -0.05) is 54.6 Å². The molecule has 26 nitrogen and oxygen atoms in total. The summed E-state index contributed by atoms with van der Waals surface area (Å²) in [6.45, 7) is 5.69. The van der Waals surface area contributed by atoms with E-state index in [2.05, 4.69) is 46.2 Å². The second-order valence-corrected chi connectivity index (χ2v) is 17.9. The first-order valence-corrected chi connectivity index (χ1v) is 25.6. The first kappa shape index (κ1) is 67.7. The average Bonchev–Trinajstić information content (AvgIpc) is 3.68. The maximum Gasteiger partial charge on any atom is 0.328 e. The van der Waals surface area contributed by atoms with Gasteiger partial charge in [0.25, 0.3) is 22.4 Å². The van der Waals surface area contributed by atoms with Crippen LogP contribution in [0.4, 0.5) is 34.1 Å². The standard InChI is InChI=1S/C11H10N4O2.2C11H10N2O2.C11H11NO3.C9H8N2O.C9H7NO4/c1-8(16)13-10-4-2-3-9(7-10)5-6-11(17)14-15-12;1-7(14)13-9-2-3-10-8(6-9)4-5-12-11(10)15;1-7(14)13-9-4-2-3-8-5-6-12-11(15)10(8)9;1-8(13)12-10-4-2-3-9(7-10)5-6-11(14)15;10-7-1-2-8-6(5-7)3-4-11-9(8)12;11-9(12)5-4-7-2-1-3-8(6-7)10(13)14/h2-7H,1H3,(H,13,16);2*2-6H,1H3,(H,12,15)(H,13,14);2-7H,1H3,(H,12,13)(H,14,15);1-5H,10H2,(H,11,12);1-6H,(H,11,12)/b6-5+;;;6-5+;;5-4+. The number of hydrogen-bond donors (Lipinski definition) is 10. The Kier molecular flexibility index (Phi) is 26.6. The lowest BCUT2D eigenvalue weighted by Crippen LogP contribution is -2.11. The highest BCUT2D eigenvalue weighted by atomic mass is 16.6. The molecule has 3 aromatic heterocycles. The molecule has 0 atom stereocenters. The molecule has 0 spiro atoms. The van der Waals surface area contributed by atoms with Gasteiger partial charge in [-0.15, -0.1) is 0 Å². The van der Waals surface area contributed by atoms with Crippen molar-refractivity contribution in [2.24, 2.45) is 5.11 Å². The summed E-state index contributed by atoms with van der Waals surface area (Å²) in [5.74, 6) is -3.40. The lowest BCUT2D eigenvalue weighted by Gasteiger charge is -2.05. The van der Waals surface area contributed by atoms with E-state index in [4.69, 9.17) is 21.5 Å². The number of rotatable bonds is 11. The molecule has 0 bridgehead atoms. The number of non-ortho nitro benzene ring substituents is 1. The molecule has 0 radical (unpaired) electrons. The molecule has 0 fully saturated rings. The Bertz CT molecular complexity index is 4360. The predicted molar refractivity (Wildman–Crippen MR) is 338 cm³/mol. The summed E-state index contributed by atoms with van der Waals surface area (Å²) >= 11 is 0. The van der Waals surface area contributed by atoms with Gasteiger partial charge in [-0.25, -0.2) is 9.59 Å².